The summed E-state index contributed by atoms with van der Waals surface area (Å²) in [6, 6.07) is -0.946. The van der Waals surface area contributed by atoms with Gasteiger partial charge in [-0.3, -0.25) is 28.8 Å². The molecule has 0 aromatic carbocycles. The molecular formula is C30H53N3O6. The first kappa shape index (κ1) is 36.6. The van der Waals surface area contributed by atoms with Crippen molar-refractivity contribution in [3.63, 3.8) is 0 Å². The maximum absolute atomic E-state index is 13.7. The van der Waals surface area contributed by atoms with Crippen LogP contribution < -0.4 is 5.32 Å². The average Bonchev–Trinajstić information content (AvgIpc) is 2.78. The van der Waals surface area contributed by atoms with E-state index >= 15 is 0 Å². The Labute approximate surface area is 235 Å². The zero-order valence-corrected chi connectivity index (χ0v) is 26.4. The Hall–Kier alpha value is -2.42. The molecule has 2 amide bonds. The summed E-state index contributed by atoms with van der Waals surface area (Å²) in [7, 11) is 0. The summed E-state index contributed by atoms with van der Waals surface area (Å²) in [5.41, 5.74) is -1.38. The maximum Gasteiger partial charge on any atom is 0.240 e. The van der Waals surface area contributed by atoms with E-state index in [-0.39, 0.29) is 80.0 Å². The van der Waals surface area contributed by atoms with Crippen LogP contribution in [0.2, 0.25) is 0 Å². The summed E-state index contributed by atoms with van der Waals surface area (Å²) in [5, 5.41) is 3.17. The van der Waals surface area contributed by atoms with Gasteiger partial charge in [0.25, 0.3) is 0 Å². The third-order valence-corrected chi connectivity index (χ3v) is 6.47. The number of nitrogens with one attached hydrogen (secondary N) is 1. The van der Waals surface area contributed by atoms with Gasteiger partial charge in [0.2, 0.25) is 11.8 Å². The highest BCUT2D eigenvalue weighted by atomic mass is 16.2. The largest absolute Gasteiger partial charge is 0.328 e. The molecule has 0 rings (SSSR count). The molecule has 0 fully saturated rings. The highest BCUT2D eigenvalue weighted by molar-refractivity contribution is 5.95. The minimum atomic E-state index is -0.831. The molecule has 0 aliphatic heterocycles. The van der Waals surface area contributed by atoms with Crippen LogP contribution in [0.5, 0.6) is 0 Å². The van der Waals surface area contributed by atoms with Gasteiger partial charge in [-0.05, 0) is 6.42 Å². The first-order chi connectivity index (χ1) is 17.6. The number of carbonyl (C=O) groups excluding carboxylic acids is 6. The molecule has 0 saturated carbocycles. The molecule has 0 heterocycles. The Balaban J connectivity index is 5.98. The molecule has 0 radical (unpaired) electrons. The zero-order valence-electron chi connectivity index (χ0n) is 26.4. The van der Waals surface area contributed by atoms with Gasteiger partial charge in [-0.25, -0.2) is 0 Å². The van der Waals surface area contributed by atoms with Crippen LogP contribution in [0.1, 0.15) is 95.9 Å². The quantitative estimate of drug-likeness (QED) is 0.312. The number of amides is 2. The first-order valence-electron chi connectivity index (χ1n) is 14.0. The SMILES string of the molecule is CC(C)NC(CCC(=O)N(CC(=O)C(C)C)CC(=O)C(C)(C)C)C(=O)N(CC(=O)C(C)C)CC(=O)C(C)(C)C. The summed E-state index contributed by atoms with van der Waals surface area (Å²) in [6.07, 6.45) is 0.000110. The lowest BCUT2D eigenvalue weighted by molar-refractivity contribution is -0.143. The summed E-state index contributed by atoms with van der Waals surface area (Å²) in [6.45, 7) is 20.5. The Morgan fingerprint density at radius 1 is 0.615 bits per heavy atom. The Kier molecular flexibility index (Phi) is 14.4. The van der Waals surface area contributed by atoms with Crippen LogP contribution in [0, 0.1) is 22.7 Å². The van der Waals surface area contributed by atoms with E-state index in [9.17, 15) is 28.8 Å². The van der Waals surface area contributed by atoms with Gasteiger partial charge in [0.05, 0.1) is 32.2 Å². The Bertz CT molecular complexity index is 893. The van der Waals surface area contributed by atoms with Crippen LogP contribution >= 0.6 is 0 Å². The van der Waals surface area contributed by atoms with Crippen molar-refractivity contribution in [1.29, 1.82) is 0 Å². The standard InChI is InChI=1S/C30H53N3O6/c1-19(2)23(34)15-32(17-25(36)29(7,8)9)27(38)14-13-22(31-21(5)6)28(39)33(16-24(35)20(3)4)18-26(37)30(10,11)12/h19-22,31H,13-18H2,1-12H3. The molecule has 224 valence electrons. The van der Waals surface area contributed by atoms with Crippen molar-refractivity contribution in [2.45, 2.75) is 108 Å². The van der Waals surface area contributed by atoms with Crippen LogP contribution in [-0.2, 0) is 28.8 Å². The van der Waals surface area contributed by atoms with Crippen LogP contribution in [-0.4, -0.2) is 83.0 Å². The van der Waals surface area contributed by atoms with Gasteiger partial charge in [-0.2, -0.15) is 0 Å². The molecule has 0 aromatic rings. The average molecular weight is 552 g/mol. The molecule has 0 aliphatic rings. The zero-order chi connectivity index (χ0) is 30.9. The molecule has 9 heteroatoms. The van der Waals surface area contributed by atoms with E-state index in [0.717, 1.165) is 0 Å². The molecular weight excluding hydrogens is 498 g/mol. The molecule has 0 aliphatic carbocycles. The van der Waals surface area contributed by atoms with Crippen molar-refractivity contribution >= 4 is 34.9 Å². The molecule has 1 N–H and O–H groups in total. The first-order valence-corrected chi connectivity index (χ1v) is 14.0. The van der Waals surface area contributed by atoms with Crippen LogP contribution in [0.4, 0.5) is 0 Å². The highest BCUT2D eigenvalue weighted by Gasteiger charge is 2.33. The highest BCUT2D eigenvalue weighted by Crippen LogP contribution is 2.18. The van der Waals surface area contributed by atoms with Gasteiger partial charge in [0.1, 0.15) is 0 Å². The number of hydrogen-bond acceptors (Lipinski definition) is 7. The predicted molar refractivity (Wildman–Crippen MR) is 153 cm³/mol. The van der Waals surface area contributed by atoms with E-state index in [1.54, 1.807) is 69.2 Å². The fourth-order valence-corrected chi connectivity index (χ4v) is 3.33. The molecule has 1 unspecified atom stereocenters. The van der Waals surface area contributed by atoms with Crippen molar-refractivity contribution in [3.8, 4) is 0 Å². The number of hydrogen-bond donors (Lipinski definition) is 1. The minimum absolute atomic E-state index is 0.0852. The van der Waals surface area contributed by atoms with E-state index in [1.165, 1.54) is 9.80 Å². The third kappa shape index (κ3) is 13.5. The lowest BCUT2D eigenvalue weighted by Crippen LogP contribution is -2.53. The van der Waals surface area contributed by atoms with Gasteiger partial charge < -0.3 is 15.1 Å². The van der Waals surface area contributed by atoms with Crippen LogP contribution in [0.3, 0.4) is 0 Å². The number of nitrogens with zero attached hydrogens (tertiary/aromatic N) is 2. The summed E-state index contributed by atoms with van der Waals surface area (Å²) in [5.74, 6) is -2.10. The van der Waals surface area contributed by atoms with E-state index < -0.39 is 28.7 Å². The molecule has 39 heavy (non-hydrogen) atoms. The second-order valence-corrected chi connectivity index (χ2v) is 13.4. The monoisotopic (exact) mass is 551 g/mol. The van der Waals surface area contributed by atoms with E-state index in [0.29, 0.717) is 0 Å². The van der Waals surface area contributed by atoms with Gasteiger partial charge in [0.15, 0.2) is 23.1 Å². The van der Waals surface area contributed by atoms with Crippen molar-refractivity contribution in [1.82, 2.24) is 15.1 Å². The minimum Gasteiger partial charge on any atom is -0.328 e. The third-order valence-electron chi connectivity index (χ3n) is 6.47. The number of ketones is 4. The maximum atomic E-state index is 13.7. The van der Waals surface area contributed by atoms with Crippen LogP contribution in [0.15, 0.2) is 0 Å². The normalized spacial score (nSPS) is 13.0. The van der Waals surface area contributed by atoms with Gasteiger partial charge >= 0.3 is 0 Å². The molecule has 1 atom stereocenters. The van der Waals surface area contributed by atoms with Crippen molar-refractivity contribution in [2.75, 3.05) is 26.2 Å². The van der Waals surface area contributed by atoms with Crippen LogP contribution in [0.25, 0.3) is 0 Å². The van der Waals surface area contributed by atoms with Gasteiger partial charge in [-0.15, -0.1) is 0 Å². The summed E-state index contributed by atoms with van der Waals surface area (Å²) < 4.78 is 0. The van der Waals surface area contributed by atoms with Crippen molar-refractivity contribution in [2.24, 2.45) is 22.7 Å². The lowest BCUT2D eigenvalue weighted by Gasteiger charge is -2.31. The van der Waals surface area contributed by atoms with Crippen molar-refractivity contribution in [3.05, 3.63) is 0 Å². The Morgan fingerprint density at radius 2 is 1.00 bits per heavy atom. The summed E-state index contributed by atoms with van der Waals surface area (Å²) >= 11 is 0. The Morgan fingerprint density at radius 3 is 1.36 bits per heavy atom. The fraction of sp³-hybridized carbons (Fsp3) is 0.800. The molecule has 9 nitrogen and oxygen atoms in total. The molecule has 0 spiro atoms. The number of rotatable bonds is 16. The fourth-order valence-electron chi connectivity index (χ4n) is 3.33. The predicted octanol–water partition coefficient (Wildman–Crippen LogP) is 3.47. The topological polar surface area (TPSA) is 121 Å². The molecule has 0 saturated heterocycles. The molecule has 0 bridgehead atoms. The van der Waals surface area contributed by atoms with Crippen molar-refractivity contribution < 1.29 is 28.8 Å². The van der Waals surface area contributed by atoms with Gasteiger partial charge in [-0.1, -0.05) is 83.1 Å². The molecule has 0 aromatic heterocycles. The van der Waals surface area contributed by atoms with E-state index in [4.69, 9.17) is 0 Å². The smallest absolute Gasteiger partial charge is 0.240 e. The number of Topliss-reactive ketones (excluding diaryl/α,β-unsaturated/α-hetero) is 4. The summed E-state index contributed by atoms with van der Waals surface area (Å²) in [4.78, 5) is 80.1. The lowest BCUT2D eigenvalue weighted by atomic mass is 9.90. The number of carbonyl (C=O) groups is 6. The van der Waals surface area contributed by atoms with Gasteiger partial charge in [0, 0.05) is 35.1 Å². The van der Waals surface area contributed by atoms with E-state index in [1.807, 2.05) is 13.8 Å². The van der Waals surface area contributed by atoms with E-state index in [2.05, 4.69) is 5.32 Å². The second kappa shape index (κ2) is 15.4. The second-order valence-electron chi connectivity index (χ2n) is 13.4.